The van der Waals surface area contributed by atoms with Crippen LogP contribution >= 0.6 is 0 Å². The number of nitrogens with two attached hydrogens (primary N) is 1. The molecular formula is C16H27N3. The third-order valence-electron chi connectivity index (χ3n) is 4.15. The van der Waals surface area contributed by atoms with Crippen molar-refractivity contribution in [3.05, 3.63) is 24.2 Å². The first kappa shape index (κ1) is 14.2. The lowest BCUT2D eigenvalue weighted by Gasteiger charge is -2.20. The maximum Gasteiger partial charge on any atom is 0.127 e. The van der Waals surface area contributed by atoms with Crippen molar-refractivity contribution in [2.45, 2.75) is 64.8 Å². The first-order valence-corrected chi connectivity index (χ1v) is 7.70. The molecule has 0 saturated heterocycles. The van der Waals surface area contributed by atoms with Crippen molar-refractivity contribution < 1.29 is 0 Å². The molecule has 1 aliphatic rings. The molecule has 3 nitrogen and oxygen atoms in total. The fourth-order valence-electron chi connectivity index (χ4n) is 3.13. The zero-order chi connectivity index (χ0) is 13.7. The van der Waals surface area contributed by atoms with Crippen LogP contribution in [0.1, 0.15) is 57.0 Å². The van der Waals surface area contributed by atoms with Gasteiger partial charge < -0.3 is 10.3 Å². The molecule has 19 heavy (non-hydrogen) atoms. The summed E-state index contributed by atoms with van der Waals surface area (Å²) in [6, 6.07) is 0. The Balaban J connectivity index is 2.14. The fraction of sp³-hybridized carbons (Fsp3) is 0.688. The van der Waals surface area contributed by atoms with E-state index in [4.69, 9.17) is 10.7 Å². The molecule has 0 amide bonds. The quantitative estimate of drug-likeness (QED) is 0.793. The molecule has 0 atom stereocenters. The zero-order valence-electron chi connectivity index (χ0n) is 12.2. The standard InChI is InChI=1S/C16H27N3/c1-3-8-15-18-14(16(17)19(15)11-4-2)12-13-9-6-5-7-10-13/h4,13H,2-3,5-12,17H2,1H3. The predicted molar refractivity (Wildman–Crippen MR) is 81.1 cm³/mol. The number of hydrogen-bond acceptors (Lipinski definition) is 2. The normalized spacial score (nSPS) is 16.7. The highest BCUT2D eigenvalue weighted by atomic mass is 15.1. The molecule has 1 saturated carbocycles. The van der Waals surface area contributed by atoms with Gasteiger partial charge in [-0.25, -0.2) is 4.98 Å². The number of aryl methyl sites for hydroxylation is 1. The molecule has 1 aromatic heterocycles. The van der Waals surface area contributed by atoms with Crippen LogP contribution in [-0.2, 0) is 19.4 Å². The molecular weight excluding hydrogens is 234 g/mol. The van der Waals surface area contributed by atoms with E-state index in [1.807, 2.05) is 6.08 Å². The Hall–Kier alpha value is -1.25. The molecule has 1 fully saturated rings. The van der Waals surface area contributed by atoms with Gasteiger partial charge in [-0.1, -0.05) is 45.1 Å². The van der Waals surface area contributed by atoms with Gasteiger partial charge in [0.15, 0.2) is 0 Å². The number of aromatic nitrogens is 2. The molecule has 0 radical (unpaired) electrons. The lowest BCUT2D eigenvalue weighted by Crippen LogP contribution is -2.11. The summed E-state index contributed by atoms with van der Waals surface area (Å²) in [7, 11) is 0. The summed E-state index contributed by atoms with van der Waals surface area (Å²) in [4.78, 5) is 4.80. The number of allylic oxidation sites excluding steroid dienone is 1. The number of imidazole rings is 1. The summed E-state index contributed by atoms with van der Waals surface area (Å²) in [5.41, 5.74) is 7.41. The third kappa shape index (κ3) is 3.40. The summed E-state index contributed by atoms with van der Waals surface area (Å²) >= 11 is 0. The molecule has 0 unspecified atom stereocenters. The Labute approximate surface area is 116 Å². The third-order valence-corrected chi connectivity index (χ3v) is 4.15. The number of nitrogen functional groups attached to an aromatic ring is 1. The molecule has 2 rings (SSSR count). The molecule has 0 spiro atoms. The van der Waals surface area contributed by atoms with Crippen molar-refractivity contribution >= 4 is 5.82 Å². The monoisotopic (exact) mass is 261 g/mol. The van der Waals surface area contributed by atoms with E-state index in [0.717, 1.165) is 49.1 Å². The van der Waals surface area contributed by atoms with Crippen LogP contribution in [0.15, 0.2) is 12.7 Å². The molecule has 106 valence electrons. The summed E-state index contributed by atoms with van der Waals surface area (Å²) in [6.07, 6.45) is 11.9. The number of hydrogen-bond donors (Lipinski definition) is 1. The molecule has 1 heterocycles. The van der Waals surface area contributed by atoms with Crippen LogP contribution in [0, 0.1) is 5.92 Å². The van der Waals surface area contributed by atoms with Gasteiger partial charge in [0.2, 0.25) is 0 Å². The van der Waals surface area contributed by atoms with E-state index in [0.29, 0.717) is 0 Å². The lowest BCUT2D eigenvalue weighted by molar-refractivity contribution is 0.355. The van der Waals surface area contributed by atoms with Crippen molar-refractivity contribution in [2.75, 3.05) is 5.73 Å². The van der Waals surface area contributed by atoms with Crippen LogP contribution in [-0.4, -0.2) is 9.55 Å². The van der Waals surface area contributed by atoms with Crippen molar-refractivity contribution in [1.29, 1.82) is 0 Å². The minimum absolute atomic E-state index is 0.777. The highest BCUT2D eigenvalue weighted by molar-refractivity contribution is 5.39. The Morgan fingerprint density at radius 1 is 1.37 bits per heavy atom. The molecule has 1 aromatic rings. The van der Waals surface area contributed by atoms with Crippen molar-refractivity contribution in [3.63, 3.8) is 0 Å². The Morgan fingerprint density at radius 3 is 2.74 bits per heavy atom. The number of nitrogens with zero attached hydrogens (tertiary/aromatic N) is 2. The van der Waals surface area contributed by atoms with Gasteiger partial charge in [-0.05, 0) is 18.8 Å². The maximum absolute atomic E-state index is 6.29. The first-order chi connectivity index (χ1) is 9.26. The van der Waals surface area contributed by atoms with Crippen molar-refractivity contribution in [3.8, 4) is 0 Å². The average Bonchev–Trinajstić information content (AvgIpc) is 2.70. The van der Waals surface area contributed by atoms with Crippen LogP contribution < -0.4 is 5.73 Å². The highest BCUT2D eigenvalue weighted by Gasteiger charge is 2.19. The lowest BCUT2D eigenvalue weighted by atomic mass is 9.86. The molecule has 0 aromatic carbocycles. The van der Waals surface area contributed by atoms with Gasteiger partial charge in [0.25, 0.3) is 0 Å². The summed E-state index contributed by atoms with van der Waals surface area (Å²) in [6.45, 7) is 6.78. The Bertz CT molecular complexity index is 414. The van der Waals surface area contributed by atoms with Gasteiger partial charge in [0.05, 0.1) is 5.69 Å². The fourth-order valence-corrected chi connectivity index (χ4v) is 3.13. The van der Waals surface area contributed by atoms with E-state index in [1.54, 1.807) is 0 Å². The molecule has 3 heteroatoms. The molecule has 0 aliphatic heterocycles. The SMILES string of the molecule is C=CCn1c(CCC)nc(CC2CCCCC2)c1N. The van der Waals surface area contributed by atoms with E-state index < -0.39 is 0 Å². The molecule has 1 aliphatic carbocycles. The summed E-state index contributed by atoms with van der Waals surface area (Å²) in [5, 5.41) is 0. The average molecular weight is 261 g/mol. The Morgan fingerprint density at radius 2 is 2.11 bits per heavy atom. The van der Waals surface area contributed by atoms with E-state index in [-0.39, 0.29) is 0 Å². The maximum atomic E-state index is 6.29. The second-order valence-electron chi connectivity index (χ2n) is 5.72. The highest BCUT2D eigenvalue weighted by Crippen LogP contribution is 2.28. The smallest absolute Gasteiger partial charge is 0.127 e. The van der Waals surface area contributed by atoms with E-state index >= 15 is 0 Å². The van der Waals surface area contributed by atoms with Gasteiger partial charge in [0.1, 0.15) is 11.6 Å². The zero-order valence-corrected chi connectivity index (χ0v) is 12.2. The second-order valence-corrected chi connectivity index (χ2v) is 5.72. The van der Waals surface area contributed by atoms with Crippen molar-refractivity contribution in [2.24, 2.45) is 5.92 Å². The largest absolute Gasteiger partial charge is 0.384 e. The van der Waals surface area contributed by atoms with E-state index in [2.05, 4.69) is 18.1 Å². The predicted octanol–water partition coefficient (Wildman–Crippen LogP) is 3.73. The second kappa shape index (κ2) is 6.78. The summed E-state index contributed by atoms with van der Waals surface area (Å²) in [5.74, 6) is 2.79. The van der Waals surface area contributed by atoms with E-state index in [1.165, 1.54) is 32.1 Å². The summed E-state index contributed by atoms with van der Waals surface area (Å²) < 4.78 is 2.13. The van der Waals surface area contributed by atoms with E-state index in [9.17, 15) is 0 Å². The van der Waals surface area contributed by atoms with Gasteiger partial charge >= 0.3 is 0 Å². The number of rotatable bonds is 6. The molecule has 0 bridgehead atoms. The van der Waals surface area contributed by atoms with Crippen LogP contribution in [0.3, 0.4) is 0 Å². The minimum Gasteiger partial charge on any atom is -0.384 e. The van der Waals surface area contributed by atoms with Gasteiger partial charge in [0, 0.05) is 13.0 Å². The van der Waals surface area contributed by atoms with Crippen LogP contribution in [0.2, 0.25) is 0 Å². The van der Waals surface area contributed by atoms with Gasteiger partial charge in [-0.15, -0.1) is 6.58 Å². The van der Waals surface area contributed by atoms with Crippen LogP contribution in [0.4, 0.5) is 5.82 Å². The van der Waals surface area contributed by atoms with Crippen LogP contribution in [0.5, 0.6) is 0 Å². The minimum atomic E-state index is 0.777. The topological polar surface area (TPSA) is 43.8 Å². The first-order valence-electron chi connectivity index (χ1n) is 7.70. The van der Waals surface area contributed by atoms with Crippen LogP contribution in [0.25, 0.3) is 0 Å². The Kier molecular flexibility index (Phi) is 5.06. The van der Waals surface area contributed by atoms with Crippen molar-refractivity contribution in [1.82, 2.24) is 9.55 Å². The molecule has 2 N–H and O–H groups in total. The van der Waals surface area contributed by atoms with Gasteiger partial charge in [-0.2, -0.15) is 0 Å². The number of anilines is 1. The van der Waals surface area contributed by atoms with Gasteiger partial charge in [-0.3, -0.25) is 0 Å².